The van der Waals surface area contributed by atoms with Crippen molar-refractivity contribution in [3.05, 3.63) is 39.1 Å². The molecule has 0 bridgehead atoms. The van der Waals surface area contributed by atoms with Crippen molar-refractivity contribution < 1.29 is 4.79 Å². The zero-order valence-electron chi connectivity index (χ0n) is 9.32. The first-order chi connectivity index (χ1) is 8.04. The Morgan fingerprint density at radius 2 is 2.06 bits per heavy atom. The predicted octanol–water partition coefficient (Wildman–Crippen LogP) is 3.17. The number of aryl methyl sites for hydroxylation is 2. The van der Waals surface area contributed by atoms with Crippen molar-refractivity contribution in [1.82, 2.24) is 9.97 Å². The van der Waals surface area contributed by atoms with Crippen LogP contribution in [0.3, 0.4) is 0 Å². The highest BCUT2D eigenvalue weighted by molar-refractivity contribution is 9.10. The van der Waals surface area contributed by atoms with Gasteiger partial charge >= 0.3 is 0 Å². The molecule has 0 unspecified atom stereocenters. The fraction of sp³-hybridized carbons (Fsp3) is 0.182. The molecule has 0 fully saturated rings. The molecule has 1 amide bonds. The minimum atomic E-state index is -0.247. The molecule has 2 heterocycles. The van der Waals surface area contributed by atoms with Crippen LogP contribution in [0, 0.1) is 13.8 Å². The van der Waals surface area contributed by atoms with E-state index in [9.17, 15) is 4.79 Å². The van der Waals surface area contributed by atoms with E-state index in [0.717, 1.165) is 15.9 Å². The molecule has 1 N–H and O–H groups in total. The molecule has 0 aliphatic heterocycles. The Bertz CT molecular complexity index is 547. The van der Waals surface area contributed by atoms with Gasteiger partial charge in [-0.05, 0) is 26.0 Å². The molecule has 0 saturated heterocycles. The molecule has 2 aromatic heterocycles. The Balaban J connectivity index is 2.19. The van der Waals surface area contributed by atoms with Gasteiger partial charge in [-0.25, -0.2) is 9.97 Å². The Morgan fingerprint density at radius 1 is 1.29 bits per heavy atom. The largest absolute Gasteiger partial charge is 0.296 e. The number of amides is 1. The van der Waals surface area contributed by atoms with Crippen LogP contribution in [0.5, 0.6) is 0 Å². The summed E-state index contributed by atoms with van der Waals surface area (Å²) in [6, 6.07) is 3.53. The molecule has 17 heavy (non-hydrogen) atoms. The van der Waals surface area contributed by atoms with E-state index in [1.54, 1.807) is 6.07 Å². The average molecular weight is 312 g/mol. The summed E-state index contributed by atoms with van der Waals surface area (Å²) in [5, 5.41) is 5.19. The van der Waals surface area contributed by atoms with Crippen LogP contribution in [0.15, 0.2) is 22.0 Å². The van der Waals surface area contributed by atoms with Crippen molar-refractivity contribution in [2.75, 3.05) is 5.32 Å². The molecule has 0 aromatic carbocycles. The zero-order chi connectivity index (χ0) is 12.4. The van der Waals surface area contributed by atoms with Crippen LogP contribution in [0.25, 0.3) is 0 Å². The fourth-order valence-corrected chi connectivity index (χ4v) is 2.55. The van der Waals surface area contributed by atoms with Gasteiger partial charge in [0.15, 0.2) is 5.13 Å². The number of nitrogens with one attached hydrogen (secondary N) is 1. The Morgan fingerprint density at radius 3 is 2.65 bits per heavy atom. The first-order valence-corrected chi connectivity index (χ1v) is 6.59. The van der Waals surface area contributed by atoms with Gasteiger partial charge in [0, 0.05) is 15.5 Å². The second kappa shape index (κ2) is 4.93. The number of carbonyl (C=O) groups is 1. The van der Waals surface area contributed by atoms with Gasteiger partial charge in [0.05, 0.1) is 5.69 Å². The van der Waals surface area contributed by atoms with Gasteiger partial charge in [0.1, 0.15) is 5.69 Å². The minimum Gasteiger partial charge on any atom is -0.296 e. The molecule has 0 saturated carbocycles. The highest BCUT2D eigenvalue weighted by Crippen LogP contribution is 2.17. The Labute approximate surface area is 111 Å². The molecule has 0 atom stereocenters. The summed E-state index contributed by atoms with van der Waals surface area (Å²) >= 11 is 4.74. The minimum absolute atomic E-state index is 0.247. The molecule has 0 radical (unpaired) electrons. The van der Waals surface area contributed by atoms with Crippen molar-refractivity contribution in [3.8, 4) is 0 Å². The van der Waals surface area contributed by atoms with E-state index in [1.165, 1.54) is 11.3 Å². The molecule has 0 spiro atoms. The molecule has 2 aromatic rings. The maximum absolute atomic E-state index is 11.9. The highest BCUT2D eigenvalue weighted by atomic mass is 79.9. The van der Waals surface area contributed by atoms with E-state index in [2.05, 4.69) is 31.2 Å². The first-order valence-electron chi connectivity index (χ1n) is 4.92. The van der Waals surface area contributed by atoms with Crippen LogP contribution in [-0.4, -0.2) is 15.9 Å². The molecular formula is C11H10BrN3OS. The first kappa shape index (κ1) is 12.2. The number of anilines is 1. The maximum atomic E-state index is 11.9. The van der Waals surface area contributed by atoms with E-state index in [4.69, 9.17) is 0 Å². The van der Waals surface area contributed by atoms with Gasteiger partial charge < -0.3 is 0 Å². The number of hydrogen-bond acceptors (Lipinski definition) is 4. The number of halogens is 1. The van der Waals surface area contributed by atoms with Crippen LogP contribution in [-0.2, 0) is 0 Å². The smallest absolute Gasteiger partial charge is 0.276 e. The summed E-state index contributed by atoms with van der Waals surface area (Å²) in [5.74, 6) is -0.247. The summed E-state index contributed by atoms with van der Waals surface area (Å²) in [6.07, 6.45) is 0. The lowest BCUT2D eigenvalue weighted by Gasteiger charge is -2.02. The number of pyridine rings is 1. The van der Waals surface area contributed by atoms with Gasteiger partial charge in [-0.2, -0.15) is 0 Å². The summed E-state index contributed by atoms with van der Waals surface area (Å²) in [6.45, 7) is 3.72. The summed E-state index contributed by atoms with van der Waals surface area (Å²) < 4.78 is 0.838. The van der Waals surface area contributed by atoms with E-state index in [-0.39, 0.29) is 5.91 Å². The SMILES string of the molecule is Cc1cc(Br)cc(C(=O)Nc2nc(C)cs2)n1. The molecule has 0 aliphatic carbocycles. The van der Waals surface area contributed by atoms with Crippen molar-refractivity contribution in [2.24, 2.45) is 0 Å². The average Bonchev–Trinajstić information content (AvgIpc) is 2.62. The second-order valence-corrected chi connectivity index (χ2v) is 5.33. The Kier molecular flexibility index (Phi) is 3.54. The maximum Gasteiger partial charge on any atom is 0.276 e. The predicted molar refractivity (Wildman–Crippen MR) is 71.5 cm³/mol. The normalized spacial score (nSPS) is 10.3. The number of aromatic nitrogens is 2. The van der Waals surface area contributed by atoms with Gasteiger partial charge in [0.2, 0.25) is 0 Å². The quantitative estimate of drug-likeness (QED) is 0.926. The fourth-order valence-electron chi connectivity index (χ4n) is 1.32. The zero-order valence-corrected chi connectivity index (χ0v) is 11.7. The number of hydrogen-bond donors (Lipinski definition) is 1. The molecule has 0 aliphatic rings. The molecule has 88 valence electrons. The van der Waals surface area contributed by atoms with E-state index >= 15 is 0 Å². The van der Waals surface area contributed by atoms with Gasteiger partial charge in [-0.1, -0.05) is 15.9 Å². The standard InChI is InChI=1S/C11H10BrN3OS/c1-6-3-8(12)4-9(13-6)10(16)15-11-14-7(2)5-17-11/h3-5H,1-2H3,(H,14,15,16). The lowest BCUT2D eigenvalue weighted by molar-refractivity contribution is 0.102. The molecule has 4 nitrogen and oxygen atoms in total. The third-order valence-corrected chi connectivity index (χ3v) is 3.32. The van der Waals surface area contributed by atoms with E-state index in [0.29, 0.717) is 10.8 Å². The summed E-state index contributed by atoms with van der Waals surface area (Å²) in [7, 11) is 0. The summed E-state index contributed by atoms with van der Waals surface area (Å²) in [5.41, 5.74) is 2.06. The van der Waals surface area contributed by atoms with Crippen LogP contribution >= 0.6 is 27.3 Å². The van der Waals surface area contributed by atoms with Crippen molar-refractivity contribution in [1.29, 1.82) is 0 Å². The second-order valence-electron chi connectivity index (χ2n) is 3.56. The number of rotatable bonds is 2. The lowest BCUT2D eigenvalue weighted by atomic mass is 10.3. The van der Waals surface area contributed by atoms with Crippen molar-refractivity contribution in [3.63, 3.8) is 0 Å². The van der Waals surface area contributed by atoms with Crippen molar-refractivity contribution in [2.45, 2.75) is 13.8 Å². The Hall–Kier alpha value is -1.27. The third kappa shape index (κ3) is 3.10. The van der Waals surface area contributed by atoms with Gasteiger partial charge in [-0.15, -0.1) is 11.3 Å². The van der Waals surface area contributed by atoms with E-state index < -0.39 is 0 Å². The van der Waals surface area contributed by atoms with E-state index in [1.807, 2.05) is 25.3 Å². The topological polar surface area (TPSA) is 54.9 Å². The number of nitrogens with zero attached hydrogens (tertiary/aromatic N) is 2. The van der Waals surface area contributed by atoms with Gasteiger partial charge in [0.25, 0.3) is 5.91 Å². The van der Waals surface area contributed by atoms with Crippen LogP contribution in [0.4, 0.5) is 5.13 Å². The molecule has 2 rings (SSSR count). The number of carbonyl (C=O) groups excluding carboxylic acids is 1. The summed E-state index contributed by atoms with van der Waals surface area (Å²) in [4.78, 5) is 20.2. The monoisotopic (exact) mass is 311 g/mol. The highest BCUT2D eigenvalue weighted by Gasteiger charge is 2.10. The number of thiazole rings is 1. The van der Waals surface area contributed by atoms with Crippen LogP contribution < -0.4 is 5.32 Å². The third-order valence-electron chi connectivity index (χ3n) is 1.99. The molecular weight excluding hydrogens is 302 g/mol. The lowest BCUT2D eigenvalue weighted by Crippen LogP contribution is -2.14. The van der Waals surface area contributed by atoms with Crippen LogP contribution in [0.2, 0.25) is 0 Å². The van der Waals surface area contributed by atoms with Crippen LogP contribution in [0.1, 0.15) is 21.9 Å². The molecule has 6 heteroatoms. The van der Waals surface area contributed by atoms with Gasteiger partial charge in [-0.3, -0.25) is 10.1 Å². The van der Waals surface area contributed by atoms with Crippen molar-refractivity contribution >= 4 is 38.3 Å².